The van der Waals surface area contributed by atoms with Gasteiger partial charge in [0.15, 0.2) is 5.82 Å². The zero-order chi connectivity index (χ0) is 13.7. The summed E-state index contributed by atoms with van der Waals surface area (Å²) in [5.74, 6) is 1.31. The van der Waals surface area contributed by atoms with Crippen LogP contribution in [0.2, 0.25) is 0 Å². The number of aromatic amines is 1. The lowest BCUT2D eigenvalue weighted by Gasteiger charge is -2.07. The molecule has 5 heteroatoms. The molecule has 1 aromatic carbocycles. The second kappa shape index (κ2) is 6.04. The molecular formula is C14H17N3O2. The number of nitrogens with zero attached hydrogens (tertiary/aromatic N) is 1. The Morgan fingerprint density at radius 1 is 1.42 bits per heavy atom. The number of hydrogen-bond donors (Lipinski definition) is 2. The van der Waals surface area contributed by atoms with Crippen LogP contribution in [0.4, 0.5) is 5.82 Å². The second-order valence-electron chi connectivity index (χ2n) is 4.30. The first-order chi connectivity index (χ1) is 9.19. The van der Waals surface area contributed by atoms with E-state index in [0.717, 1.165) is 17.0 Å². The first-order valence-electron chi connectivity index (χ1n) is 6.13. The van der Waals surface area contributed by atoms with Crippen molar-refractivity contribution < 1.29 is 9.53 Å². The fourth-order valence-corrected chi connectivity index (χ4v) is 1.85. The minimum atomic E-state index is -0.0580. The van der Waals surface area contributed by atoms with Crippen molar-refractivity contribution in [3.63, 3.8) is 0 Å². The fourth-order valence-electron chi connectivity index (χ4n) is 1.85. The van der Waals surface area contributed by atoms with Gasteiger partial charge in [0.05, 0.1) is 7.11 Å². The summed E-state index contributed by atoms with van der Waals surface area (Å²) in [4.78, 5) is 11.8. The number of nitrogens with one attached hydrogen (secondary N) is 2. The van der Waals surface area contributed by atoms with Gasteiger partial charge in [-0.1, -0.05) is 18.2 Å². The van der Waals surface area contributed by atoms with Crippen molar-refractivity contribution in [1.29, 1.82) is 0 Å². The number of aryl methyl sites for hydroxylation is 2. The highest BCUT2D eigenvalue weighted by molar-refractivity contribution is 5.89. The van der Waals surface area contributed by atoms with Gasteiger partial charge in [-0.2, -0.15) is 5.10 Å². The van der Waals surface area contributed by atoms with Crippen LogP contribution in [0.25, 0.3) is 0 Å². The third kappa shape index (κ3) is 3.58. The minimum absolute atomic E-state index is 0.0580. The number of para-hydroxylation sites is 1. The van der Waals surface area contributed by atoms with E-state index in [9.17, 15) is 4.79 Å². The molecule has 0 atom stereocenters. The van der Waals surface area contributed by atoms with E-state index in [1.807, 2.05) is 31.2 Å². The highest BCUT2D eigenvalue weighted by atomic mass is 16.5. The van der Waals surface area contributed by atoms with Crippen LogP contribution in [-0.2, 0) is 11.2 Å². The molecule has 19 heavy (non-hydrogen) atoms. The Bertz CT molecular complexity index is 563. The number of carbonyl (C=O) groups is 1. The van der Waals surface area contributed by atoms with Gasteiger partial charge in [0.1, 0.15) is 5.75 Å². The molecule has 0 aliphatic rings. The lowest BCUT2D eigenvalue weighted by atomic mass is 10.1. The number of hydrogen-bond acceptors (Lipinski definition) is 3. The number of anilines is 1. The fraction of sp³-hybridized carbons (Fsp3) is 0.286. The van der Waals surface area contributed by atoms with Gasteiger partial charge in [0, 0.05) is 18.2 Å². The number of rotatable bonds is 5. The second-order valence-corrected chi connectivity index (χ2v) is 4.30. The number of methoxy groups -OCH3 is 1. The number of ether oxygens (including phenoxy) is 1. The third-order valence-corrected chi connectivity index (χ3v) is 2.79. The van der Waals surface area contributed by atoms with Gasteiger partial charge >= 0.3 is 0 Å². The smallest absolute Gasteiger partial charge is 0.225 e. The molecule has 1 amide bonds. The van der Waals surface area contributed by atoms with Gasteiger partial charge in [0.25, 0.3) is 0 Å². The van der Waals surface area contributed by atoms with Crippen LogP contribution in [0.15, 0.2) is 30.3 Å². The van der Waals surface area contributed by atoms with Gasteiger partial charge in [0.2, 0.25) is 5.91 Å². The predicted molar refractivity (Wildman–Crippen MR) is 73.3 cm³/mol. The van der Waals surface area contributed by atoms with E-state index in [0.29, 0.717) is 18.7 Å². The topological polar surface area (TPSA) is 67.0 Å². The van der Waals surface area contributed by atoms with Crippen LogP contribution in [0, 0.1) is 6.92 Å². The van der Waals surface area contributed by atoms with Gasteiger partial charge in [-0.25, -0.2) is 0 Å². The molecule has 0 unspecified atom stereocenters. The maximum absolute atomic E-state index is 11.8. The zero-order valence-electron chi connectivity index (χ0n) is 11.1. The Balaban J connectivity index is 1.89. The SMILES string of the molecule is COc1ccccc1CCC(=O)Nc1cc(C)[nH]n1. The average molecular weight is 259 g/mol. The largest absolute Gasteiger partial charge is 0.496 e. The molecule has 2 aromatic rings. The summed E-state index contributed by atoms with van der Waals surface area (Å²) in [6, 6.07) is 9.50. The monoisotopic (exact) mass is 259 g/mol. The summed E-state index contributed by atoms with van der Waals surface area (Å²) >= 11 is 0. The van der Waals surface area contributed by atoms with Gasteiger partial charge in [-0.05, 0) is 25.0 Å². The van der Waals surface area contributed by atoms with E-state index in [4.69, 9.17) is 4.74 Å². The van der Waals surface area contributed by atoms with Gasteiger partial charge in [-0.3, -0.25) is 9.89 Å². The Morgan fingerprint density at radius 3 is 2.89 bits per heavy atom. The van der Waals surface area contributed by atoms with Crippen molar-refractivity contribution in [3.05, 3.63) is 41.6 Å². The van der Waals surface area contributed by atoms with Crippen molar-refractivity contribution in [2.45, 2.75) is 19.8 Å². The molecular weight excluding hydrogens is 242 g/mol. The third-order valence-electron chi connectivity index (χ3n) is 2.79. The van der Waals surface area contributed by atoms with E-state index in [-0.39, 0.29) is 5.91 Å². The molecule has 1 aromatic heterocycles. The van der Waals surface area contributed by atoms with Crippen LogP contribution in [0.3, 0.4) is 0 Å². The Kier molecular flexibility index (Phi) is 4.18. The molecule has 1 heterocycles. The maximum Gasteiger partial charge on any atom is 0.225 e. The molecule has 0 saturated carbocycles. The maximum atomic E-state index is 11.8. The average Bonchev–Trinajstić information content (AvgIpc) is 2.82. The minimum Gasteiger partial charge on any atom is -0.496 e. The molecule has 0 spiro atoms. The van der Waals surface area contributed by atoms with E-state index in [2.05, 4.69) is 15.5 Å². The van der Waals surface area contributed by atoms with Crippen LogP contribution in [-0.4, -0.2) is 23.2 Å². The molecule has 2 rings (SSSR count). The summed E-state index contributed by atoms with van der Waals surface area (Å²) in [7, 11) is 1.63. The summed E-state index contributed by atoms with van der Waals surface area (Å²) in [6.07, 6.45) is 1.03. The Labute approximate surface area is 112 Å². The highest BCUT2D eigenvalue weighted by Gasteiger charge is 2.07. The molecule has 2 N–H and O–H groups in total. The molecule has 0 aliphatic carbocycles. The first-order valence-corrected chi connectivity index (χ1v) is 6.13. The van der Waals surface area contributed by atoms with Crippen LogP contribution >= 0.6 is 0 Å². The summed E-state index contributed by atoms with van der Waals surface area (Å²) < 4.78 is 5.25. The lowest BCUT2D eigenvalue weighted by Crippen LogP contribution is -2.12. The van der Waals surface area contributed by atoms with Crippen molar-refractivity contribution in [1.82, 2.24) is 10.2 Å². The highest BCUT2D eigenvalue weighted by Crippen LogP contribution is 2.19. The molecule has 5 nitrogen and oxygen atoms in total. The van der Waals surface area contributed by atoms with Crippen LogP contribution < -0.4 is 10.1 Å². The van der Waals surface area contributed by atoms with Crippen molar-refractivity contribution in [3.8, 4) is 5.75 Å². The number of amides is 1. The van der Waals surface area contributed by atoms with E-state index >= 15 is 0 Å². The van der Waals surface area contributed by atoms with Crippen LogP contribution in [0.1, 0.15) is 17.7 Å². The number of carbonyl (C=O) groups excluding carboxylic acids is 1. The van der Waals surface area contributed by atoms with Crippen molar-refractivity contribution in [2.75, 3.05) is 12.4 Å². The van der Waals surface area contributed by atoms with Crippen molar-refractivity contribution in [2.24, 2.45) is 0 Å². The molecule has 0 saturated heterocycles. The first kappa shape index (κ1) is 13.1. The Morgan fingerprint density at radius 2 is 2.21 bits per heavy atom. The lowest BCUT2D eigenvalue weighted by molar-refractivity contribution is -0.116. The molecule has 0 radical (unpaired) electrons. The van der Waals surface area contributed by atoms with E-state index in [1.165, 1.54) is 0 Å². The summed E-state index contributed by atoms with van der Waals surface area (Å²) in [5, 5.41) is 9.49. The van der Waals surface area contributed by atoms with Crippen LogP contribution in [0.5, 0.6) is 5.75 Å². The van der Waals surface area contributed by atoms with Gasteiger partial charge in [-0.15, -0.1) is 0 Å². The molecule has 100 valence electrons. The quantitative estimate of drug-likeness (QED) is 0.865. The van der Waals surface area contributed by atoms with Crippen molar-refractivity contribution >= 4 is 11.7 Å². The number of benzene rings is 1. The van der Waals surface area contributed by atoms with E-state index < -0.39 is 0 Å². The number of H-pyrrole nitrogens is 1. The molecule has 0 fully saturated rings. The Hall–Kier alpha value is -2.30. The predicted octanol–water partition coefficient (Wildman–Crippen LogP) is 2.30. The standard InChI is InChI=1S/C14H17N3O2/c1-10-9-13(17-16-10)15-14(18)8-7-11-5-3-4-6-12(11)19-2/h3-6,9H,7-8H2,1-2H3,(H2,15,16,17,18). The van der Waals surface area contributed by atoms with Gasteiger partial charge < -0.3 is 10.1 Å². The molecule has 0 aliphatic heterocycles. The summed E-state index contributed by atoms with van der Waals surface area (Å²) in [5.41, 5.74) is 1.94. The number of aromatic nitrogens is 2. The zero-order valence-corrected chi connectivity index (χ0v) is 11.1. The van der Waals surface area contributed by atoms with E-state index in [1.54, 1.807) is 13.2 Å². The molecule has 0 bridgehead atoms. The summed E-state index contributed by atoms with van der Waals surface area (Å²) in [6.45, 7) is 1.89. The normalized spacial score (nSPS) is 10.2.